The van der Waals surface area contributed by atoms with Gasteiger partial charge < -0.3 is 18.9 Å². The van der Waals surface area contributed by atoms with Gasteiger partial charge in [-0.15, -0.1) is 0 Å². The van der Waals surface area contributed by atoms with E-state index in [4.69, 9.17) is 18.5 Å². The number of quaternary nitrogens is 1. The molecule has 1 unspecified atom stereocenters. The molecule has 0 fully saturated rings. The number of carbonyl (C=O) groups excluding carboxylic acids is 2. The van der Waals surface area contributed by atoms with Crippen LogP contribution in [0.1, 0.15) is 142 Å². The van der Waals surface area contributed by atoms with Gasteiger partial charge in [-0.1, -0.05) is 137 Å². The van der Waals surface area contributed by atoms with Crippen molar-refractivity contribution in [1.29, 1.82) is 0 Å². The molecule has 0 saturated carbocycles. The topological polar surface area (TPSA) is 108 Å². The predicted molar refractivity (Wildman–Crippen MR) is 242 cm³/mol. The van der Waals surface area contributed by atoms with E-state index in [0.29, 0.717) is 23.9 Å². The number of likely N-dealkylation sites (N-methyl/N-ethyl adjacent to an activating group) is 1. The molecule has 9 nitrogen and oxygen atoms in total. The lowest BCUT2D eigenvalue weighted by Crippen LogP contribution is -2.37. The van der Waals surface area contributed by atoms with E-state index in [2.05, 4.69) is 111 Å². The molecule has 0 heterocycles. The molecule has 2 atom stereocenters. The van der Waals surface area contributed by atoms with E-state index < -0.39 is 32.5 Å². The van der Waals surface area contributed by atoms with Crippen molar-refractivity contribution in [3.63, 3.8) is 0 Å². The van der Waals surface area contributed by atoms with Crippen LogP contribution in [0.25, 0.3) is 0 Å². The highest BCUT2D eigenvalue weighted by atomic mass is 31.2. The molecule has 0 radical (unpaired) electrons. The van der Waals surface area contributed by atoms with E-state index in [1.54, 1.807) is 0 Å². The molecule has 0 aliphatic rings. The molecular formula is C48H81NO8P+. The van der Waals surface area contributed by atoms with Gasteiger partial charge >= 0.3 is 19.8 Å². The fourth-order valence-corrected chi connectivity index (χ4v) is 5.97. The molecule has 58 heavy (non-hydrogen) atoms. The molecule has 0 aromatic heterocycles. The number of nitrogens with zero attached hydrogens (tertiary/aromatic N) is 1. The molecule has 0 spiro atoms. The maximum Gasteiger partial charge on any atom is 0.472 e. The van der Waals surface area contributed by atoms with Crippen molar-refractivity contribution in [2.24, 2.45) is 0 Å². The van der Waals surface area contributed by atoms with Crippen LogP contribution in [0.3, 0.4) is 0 Å². The van der Waals surface area contributed by atoms with Crippen molar-refractivity contribution < 1.29 is 42.1 Å². The second-order valence-electron chi connectivity index (χ2n) is 15.3. The van der Waals surface area contributed by atoms with Gasteiger partial charge in [-0.3, -0.25) is 18.6 Å². The van der Waals surface area contributed by atoms with Gasteiger partial charge in [-0.05, 0) is 89.9 Å². The predicted octanol–water partition coefficient (Wildman–Crippen LogP) is 12.6. The highest BCUT2D eigenvalue weighted by Crippen LogP contribution is 2.43. The Kier molecular flexibility index (Phi) is 37.3. The minimum absolute atomic E-state index is 0.0159. The van der Waals surface area contributed by atoms with E-state index in [-0.39, 0.29) is 26.1 Å². The van der Waals surface area contributed by atoms with Crippen molar-refractivity contribution in [3.8, 4) is 0 Å². The third kappa shape index (κ3) is 42.5. The minimum Gasteiger partial charge on any atom is -0.462 e. The Morgan fingerprint density at radius 2 is 0.931 bits per heavy atom. The van der Waals surface area contributed by atoms with E-state index in [9.17, 15) is 19.0 Å². The lowest BCUT2D eigenvalue weighted by molar-refractivity contribution is -0.870. The van der Waals surface area contributed by atoms with E-state index >= 15 is 0 Å². The molecule has 0 amide bonds. The second-order valence-corrected chi connectivity index (χ2v) is 16.8. The Morgan fingerprint density at radius 1 is 0.534 bits per heavy atom. The highest BCUT2D eigenvalue weighted by Gasteiger charge is 2.27. The summed E-state index contributed by atoms with van der Waals surface area (Å²) in [5.74, 6) is -0.868. The number of unbranched alkanes of at least 4 members (excludes halogenated alkanes) is 8. The first kappa shape index (κ1) is 54.9. The average Bonchev–Trinajstić information content (AvgIpc) is 3.17. The van der Waals surface area contributed by atoms with Crippen LogP contribution in [0.4, 0.5) is 0 Å². The van der Waals surface area contributed by atoms with Gasteiger partial charge in [0.1, 0.15) is 19.8 Å². The Labute approximate surface area is 353 Å². The van der Waals surface area contributed by atoms with Crippen LogP contribution in [-0.4, -0.2) is 74.9 Å². The molecule has 0 bridgehead atoms. The largest absolute Gasteiger partial charge is 0.472 e. The van der Waals surface area contributed by atoms with Gasteiger partial charge in [0, 0.05) is 12.8 Å². The molecule has 0 aromatic carbocycles. The maximum atomic E-state index is 12.7. The van der Waals surface area contributed by atoms with Gasteiger partial charge in [-0.25, -0.2) is 4.57 Å². The molecular weight excluding hydrogens is 750 g/mol. The van der Waals surface area contributed by atoms with Gasteiger partial charge in [-0.2, -0.15) is 0 Å². The quantitative estimate of drug-likeness (QED) is 0.0215. The third-order valence-electron chi connectivity index (χ3n) is 8.61. The number of hydrogen-bond donors (Lipinski definition) is 1. The molecule has 0 aliphatic carbocycles. The van der Waals surface area contributed by atoms with Crippen LogP contribution in [0.15, 0.2) is 97.2 Å². The van der Waals surface area contributed by atoms with Crippen LogP contribution in [0.5, 0.6) is 0 Å². The summed E-state index contributed by atoms with van der Waals surface area (Å²) in [4.78, 5) is 35.4. The lowest BCUT2D eigenvalue weighted by Gasteiger charge is -2.24. The zero-order valence-corrected chi connectivity index (χ0v) is 37.9. The first-order chi connectivity index (χ1) is 28.0. The van der Waals surface area contributed by atoms with Gasteiger partial charge in [0.05, 0.1) is 27.7 Å². The Bertz CT molecular complexity index is 1300. The fourth-order valence-electron chi connectivity index (χ4n) is 5.23. The Balaban J connectivity index is 4.48. The van der Waals surface area contributed by atoms with Crippen LogP contribution in [0, 0.1) is 0 Å². The van der Waals surface area contributed by atoms with E-state index in [0.717, 1.165) is 103 Å². The molecule has 0 aromatic rings. The summed E-state index contributed by atoms with van der Waals surface area (Å²) in [7, 11) is 1.42. The lowest BCUT2D eigenvalue weighted by atomic mass is 10.1. The standard InChI is InChI=1S/C48H80NO8P/c1-6-8-10-12-14-16-18-20-22-23-24-25-27-29-31-33-35-37-39-41-48(51)57-46(45-56-58(52,53)55-43-42-49(3,4)5)44-54-47(50)40-38-36-34-32-30-28-26-21-19-17-15-13-11-9-7-2/h8-11,14-17,20-22,24-26,29,31,46H,6-7,12-13,18-19,23,27-28,30,32-45H2,1-5H3/p+1/b10-8+,11-9+,16-14+,17-15+,22-20+,25-24+,26-21+,31-29+/t46-/m1/s1. The van der Waals surface area contributed by atoms with E-state index in [1.165, 1.54) is 0 Å². The van der Waals surface area contributed by atoms with Crippen molar-refractivity contribution >= 4 is 19.8 Å². The summed E-state index contributed by atoms with van der Waals surface area (Å²) >= 11 is 0. The summed E-state index contributed by atoms with van der Waals surface area (Å²) in [6.07, 6.45) is 51.7. The van der Waals surface area contributed by atoms with Crippen LogP contribution in [0.2, 0.25) is 0 Å². The number of carbonyl (C=O) groups is 2. The highest BCUT2D eigenvalue weighted by molar-refractivity contribution is 7.47. The molecule has 1 N–H and O–H groups in total. The van der Waals surface area contributed by atoms with Crippen molar-refractivity contribution in [2.45, 2.75) is 148 Å². The Morgan fingerprint density at radius 3 is 1.40 bits per heavy atom. The average molecular weight is 831 g/mol. The number of phosphoric ester groups is 1. The first-order valence-electron chi connectivity index (χ1n) is 22.0. The molecule has 330 valence electrons. The molecule has 0 aliphatic heterocycles. The maximum absolute atomic E-state index is 12.7. The Hall–Kier alpha value is -3.07. The fraction of sp³-hybridized carbons (Fsp3) is 0.625. The van der Waals surface area contributed by atoms with Crippen LogP contribution >= 0.6 is 7.82 Å². The van der Waals surface area contributed by atoms with Gasteiger partial charge in [0.15, 0.2) is 6.10 Å². The SMILES string of the molecule is CC/C=C/C/C=C/C/C=C/C/C=C/C/C=C/CCCCCC(=O)O[C@H](COC(=O)CCCCCCC/C=C/C/C=C/C/C=C/CC)COP(=O)(O)OCC[N+](C)(C)C. The van der Waals surface area contributed by atoms with Gasteiger partial charge in [0.25, 0.3) is 0 Å². The number of allylic oxidation sites excluding steroid dienone is 16. The third-order valence-corrected chi connectivity index (χ3v) is 9.59. The number of esters is 2. The zero-order chi connectivity index (χ0) is 42.8. The number of phosphoric acid groups is 1. The van der Waals surface area contributed by atoms with Crippen LogP contribution < -0.4 is 0 Å². The van der Waals surface area contributed by atoms with Crippen molar-refractivity contribution in [1.82, 2.24) is 0 Å². The van der Waals surface area contributed by atoms with E-state index in [1.807, 2.05) is 21.1 Å². The minimum atomic E-state index is -4.40. The van der Waals surface area contributed by atoms with Crippen molar-refractivity contribution in [2.75, 3.05) is 47.5 Å². The second kappa shape index (κ2) is 39.4. The summed E-state index contributed by atoms with van der Waals surface area (Å²) in [5.41, 5.74) is 0. The zero-order valence-electron chi connectivity index (χ0n) is 37.0. The summed E-state index contributed by atoms with van der Waals surface area (Å²) in [6, 6.07) is 0. The number of rotatable bonds is 38. The molecule has 0 rings (SSSR count). The van der Waals surface area contributed by atoms with Crippen molar-refractivity contribution in [3.05, 3.63) is 97.2 Å². The molecule has 0 saturated heterocycles. The first-order valence-corrected chi connectivity index (χ1v) is 23.5. The smallest absolute Gasteiger partial charge is 0.462 e. The van der Waals surface area contributed by atoms with Gasteiger partial charge in [0.2, 0.25) is 0 Å². The van der Waals surface area contributed by atoms with Crippen LogP contribution in [-0.2, 0) is 32.7 Å². The summed E-state index contributed by atoms with van der Waals surface area (Å²) in [5, 5.41) is 0. The summed E-state index contributed by atoms with van der Waals surface area (Å²) in [6.45, 7) is 4.11. The number of ether oxygens (including phenoxy) is 2. The summed E-state index contributed by atoms with van der Waals surface area (Å²) < 4.78 is 34.2. The number of hydrogen-bond acceptors (Lipinski definition) is 7. The monoisotopic (exact) mass is 831 g/mol. The normalized spacial score (nSPS) is 14.5. The molecule has 10 heteroatoms.